The zero-order chi connectivity index (χ0) is 12.0. The topological polar surface area (TPSA) is 49.6 Å². The van der Waals surface area contributed by atoms with E-state index >= 15 is 0 Å². The molecule has 88 valence electrons. The molecule has 0 heterocycles. The Morgan fingerprint density at radius 1 is 1.40 bits per heavy atom. The Kier molecular flexibility index (Phi) is 6.43. The summed E-state index contributed by atoms with van der Waals surface area (Å²) in [5.41, 5.74) is 5.48. The van der Waals surface area contributed by atoms with E-state index in [1.54, 1.807) is 11.9 Å². The molecule has 0 aromatic rings. The molecular weight excluding hydrogens is 210 g/mol. The summed E-state index contributed by atoms with van der Waals surface area (Å²) in [6.45, 7) is 7.59. The molecule has 0 unspecified atom stereocenters. The van der Waals surface area contributed by atoms with Gasteiger partial charge in [0.25, 0.3) is 0 Å². The van der Waals surface area contributed by atoms with Gasteiger partial charge in [0.15, 0.2) is 0 Å². The van der Waals surface area contributed by atoms with Crippen molar-refractivity contribution in [3.8, 4) is 0 Å². The Bertz CT molecular complexity index is 231. The van der Waals surface area contributed by atoms with Crippen molar-refractivity contribution in [2.24, 2.45) is 5.73 Å². The van der Waals surface area contributed by atoms with Crippen LogP contribution in [0.3, 0.4) is 0 Å². The van der Waals surface area contributed by atoms with E-state index in [4.69, 9.17) is 18.0 Å². The van der Waals surface area contributed by atoms with Crippen molar-refractivity contribution < 1.29 is 4.79 Å². The minimum absolute atomic E-state index is 0.0995. The van der Waals surface area contributed by atoms with Crippen LogP contribution < -0.4 is 5.73 Å². The third-order valence-electron chi connectivity index (χ3n) is 2.33. The van der Waals surface area contributed by atoms with E-state index in [9.17, 15) is 4.79 Å². The molecule has 15 heavy (non-hydrogen) atoms. The fraction of sp³-hybridized carbons (Fsp3) is 0.800. The highest BCUT2D eigenvalue weighted by Gasteiger charge is 2.16. The van der Waals surface area contributed by atoms with Crippen LogP contribution in [-0.4, -0.2) is 53.4 Å². The van der Waals surface area contributed by atoms with E-state index in [0.717, 1.165) is 6.54 Å². The molecule has 0 saturated carbocycles. The van der Waals surface area contributed by atoms with Crippen molar-refractivity contribution in [3.63, 3.8) is 0 Å². The van der Waals surface area contributed by atoms with Gasteiger partial charge in [0.2, 0.25) is 5.91 Å². The van der Waals surface area contributed by atoms with Gasteiger partial charge in [-0.1, -0.05) is 12.2 Å². The lowest BCUT2D eigenvalue weighted by molar-refractivity contribution is -0.131. The van der Waals surface area contributed by atoms with E-state index in [1.165, 1.54) is 0 Å². The van der Waals surface area contributed by atoms with Gasteiger partial charge in [-0.25, -0.2) is 0 Å². The van der Waals surface area contributed by atoms with Gasteiger partial charge >= 0.3 is 0 Å². The molecular formula is C10H21N3OS. The number of nitrogens with zero attached hydrogens (tertiary/aromatic N) is 2. The summed E-state index contributed by atoms with van der Waals surface area (Å²) in [5.74, 6) is 0.0995. The fourth-order valence-electron chi connectivity index (χ4n) is 1.09. The molecule has 0 aliphatic carbocycles. The van der Waals surface area contributed by atoms with E-state index in [-0.39, 0.29) is 11.9 Å². The molecule has 2 N–H and O–H groups in total. The van der Waals surface area contributed by atoms with Gasteiger partial charge in [-0.15, -0.1) is 0 Å². The van der Waals surface area contributed by atoms with E-state index in [2.05, 4.69) is 0 Å². The first-order valence-corrected chi connectivity index (χ1v) is 5.55. The Labute approximate surface area is 97.4 Å². The first-order chi connectivity index (χ1) is 6.88. The summed E-state index contributed by atoms with van der Waals surface area (Å²) in [4.78, 5) is 15.8. The Hall–Kier alpha value is -0.680. The fourth-order valence-corrected chi connectivity index (χ4v) is 1.26. The molecule has 5 heteroatoms. The highest BCUT2D eigenvalue weighted by atomic mass is 32.1. The SMILES string of the molecule is CCN(C)C(=O)CN(CC(N)=S)C(C)C. The summed E-state index contributed by atoms with van der Waals surface area (Å²) >= 11 is 4.85. The predicted octanol–water partition coefficient (Wildman–Crippen LogP) is 0.461. The average molecular weight is 231 g/mol. The zero-order valence-corrected chi connectivity index (χ0v) is 10.8. The van der Waals surface area contributed by atoms with E-state index in [0.29, 0.717) is 18.1 Å². The summed E-state index contributed by atoms with van der Waals surface area (Å²) in [6, 6.07) is 0.265. The van der Waals surface area contributed by atoms with Gasteiger partial charge in [0.05, 0.1) is 11.5 Å². The number of rotatable bonds is 6. The number of thiocarbonyl (C=S) groups is 1. The van der Waals surface area contributed by atoms with Gasteiger partial charge in [-0.3, -0.25) is 9.69 Å². The first-order valence-electron chi connectivity index (χ1n) is 5.14. The standard InChI is InChI=1S/C10H21N3OS/c1-5-12(4)10(14)7-13(8(2)3)6-9(11)15/h8H,5-7H2,1-4H3,(H2,11,15). The molecule has 0 aromatic heterocycles. The predicted molar refractivity (Wildman–Crippen MR) is 66.8 cm³/mol. The van der Waals surface area contributed by atoms with Gasteiger partial charge in [0, 0.05) is 26.2 Å². The third-order valence-corrected chi connectivity index (χ3v) is 2.46. The maximum Gasteiger partial charge on any atom is 0.236 e. The minimum Gasteiger partial charge on any atom is -0.392 e. The third kappa shape index (κ3) is 5.69. The number of hydrogen-bond donors (Lipinski definition) is 1. The normalized spacial score (nSPS) is 10.8. The summed E-state index contributed by atoms with van der Waals surface area (Å²) in [6.07, 6.45) is 0. The van der Waals surface area contributed by atoms with Crippen molar-refractivity contribution in [3.05, 3.63) is 0 Å². The van der Waals surface area contributed by atoms with Crippen molar-refractivity contribution in [1.29, 1.82) is 0 Å². The lowest BCUT2D eigenvalue weighted by Crippen LogP contribution is -2.44. The van der Waals surface area contributed by atoms with E-state index in [1.807, 2.05) is 25.7 Å². The van der Waals surface area contributed by atoms with Crippen molar-refractivity contribution in [1.82, 2.24) is 9.80 Å². The lowest BCUT2D eigenvalue weighted by atomic mass is 10.3. The van der Waals surface area contributed by atoms with Gasteiger partial charge < -0.3 is 10.6 Å². The zero-order valence-electron chi connectivity index (χ0n) is 9.99. The molecule has 0 aliphatic rings. The van der Waals surface area contributed by atoms with Gasteiger partial charge in [-0.05, 0) is 20.8 Å². The quantitative estimate of drug-likeness (QED) is 0.675. The van der Waals surface area contributed by atoms with Crippen LogP contribution in [0.5, 0.6) is 0 Å². The van der Waals surface area contributed by atoms with Gasteiger partial charge in [0.1, 0.15) is 0 Å². The number of amides is 1. The second-order valence-corrected chi connectivity index (χ2v) is 4.40. The summed E-state index contributed by atoms with van der Waals surface area (Å²) in [7, 11) is 1.79. The van der Waals surface area contributed by atoms with Crippen LogP contribution in [0.1, 0.15) is 20.8 Å². The Morgan fingerprint density at radius 2 is 1.93 bits per heavy atom. The Balaban J connectivity index is 4.28. The maximum atomic E-state index is 11.7. The van der Waals surface area contributed by atoms with Crippen molar-refractivity contribution in [2.45, 2.75) is 26.8 Å². The highest BCUT2D eigenvalue weighted by Crippen LogP contribution is 1.99. The molecule has 0 bridgehead atoms. The molecule has 0 fully saturated rings. The Morgan fingerprint density at radius 3 is 2.27 bits per heavy atom. The molecule has 0 atom stereocenters. The van der Waals surface area contributed by atoms with Crippen LogP contribution in [-0.2, 0) is 4.79 Å². The second kappa shape index (κ2) is 6.74. The van der Waals surface area contributed by atoms with Crippen LogP contribution in [0, 0.1) is 0 Å². The molecule has 0 aromatic carbocycles. The van der Waals surface area contributed by atoms with Crippen molar-refractivity contribution >= 4 is 23.1 Å². The maximum absolute atomic E-state index is 11.7. The highest BCUT2D eigenvalue weighted by molar-refractivity contribution is 7.80. The van der Waals surface area contributed by atoms with Crippen molar-refractivity contribution in [2.75, 3.05) is 26.7 Å². The largest absolute Gasteiger partial charge is 0.392 e. The molecule has 0 radical (unpaired) electrons. The van der Waals surface area contributed by atoms with Crippen LogP contribution >= 0.6 is 12.2 Å². The molecule has 0 saturated heterocycles. The summed E-state index contributed by atoms with van der Waals surface area (Å²) in [5, 5.41) is 0. The smallest absolute Gasteiger partial charge is 0.236 e. The average Bonchev–Trinajstić information content (AvgIpc) is 2.14. The lowest BCUT2D eigenvalue weighted by Gasteiger charge is -2.27. The number of likely N-dealkylation sites (N-methyl/N-ethyl adjacent to an activating group) is 1. The van der Waals surface area contributed by atoms with Crippen LogP contribution in [0.2, 0.25) is 0 Å². The number of hydrogen-bond acceptors (Lipinski definition) is 3. The van der Waals surface area contributed by atoms with Gasteiger partial charge in [-0.2, -0.15) is 0 Å². The number of carbonyl (C=O) groups excluding carboxylic acids is 1. The first kappa shape index (κ1) is 14.3. The number of carbonyl (C=O) groups is 1. The molecule has 0 rings (SSSR count). The van der Waals surface area contributed by atoms with Crippen LogP contribution in [0.15, 0.2) is 0 Å². The van der Waals surface area contributed by atoms with Crippen LogP contribution in [0.4, 0.5) is 0 Å². The summed E-state index contributed by atoms with van der Waals surface area (Å²) < 4.78 is 0. The molecule has 4 nitrogen and oxygen atoms in total. The molecule has 0 aliphatic heterocycles. The van der Waals surface area contributed by atoms with E-state index < -0.39 is 0 Å². The number of nitrogens with two attached hydrogens (primary N) is 1. The molecule has 0 spiro atoms. The van der Waals surface area contributed by atoms with Crippen LogP contribution in [0.25, 0.3) is 0 Å². The molecule has 1 amide bonds. The minimum atomic E-state index is 0.0995. The monoisotopic (exact) mass is 231 g/mol. The second-order valence-electron chi connectivity index (χ2n) is 3.87.